The Morgan fingerprint density at radius 3 is 2.86 bits per heavy atom. The summed E-state index contributed by atoms with van der Waals surface area (Å²) < 4.78 is 14.0. The molecule has 0 amide bonds. The van der Waals surface area contributed by atoms with Gasteiger partial charge in [-0.15, -0.1) is 0 Å². The average molecular weight is 373 g/mol. The van der Waals surface area contributed by atoms with Crippen LogP contribution in [0.4, 0.5) is 5.82 Å². The molecule has 0 saturated carbocycles. The molecule has 1 aliphatic heterocycles. The number of fused-ring (bicyclic) bond motifs is 2. The second-order valence-electron chi connectivity index (χ2n) is 7.02. The predicted molar refractivity (Wildman–Crippen MR) is 111 cm³/mol. The van der Waals surface area contributed by atoms with Gasteiger partial charge in [0.1, 0.15) is 28.5 Å². The van der Waals surface area contributed by atoms with Crippen molar-refractivity contribution < 1.29 is 9.15 Å². The lowest BCUT2D eigenvalue weighted by Crippen LogP contribution is -2.08. The fourth-order valence-corrected chi connectivity index (χ4v) is 3.88. The Bertz CT molecular complexity index is 1090. The van der Waals surface area contributed by atoms with Gasteiger partial charge in [-0.05, 0) is 50.5 Å². The maximum Gasteiger partial charge on any atom is 0.156 e. The summed E-state index contributed by atoms with van der Waals surface area (Å²) in [5.74, 6) is 2.69. The summed E-state index contributed by atoms with van der Waals surface area (Å²) in [6.45, 7) is 3.55. The van der Waals surface area contributed by atoms with E-state index in [2.05, 4.69) is 17.4 Å². The van der Waals surface area contributed by atoms with Crippen molar-refractivity contribution in [3.63, 3.8) is 0 Å². The van der Waals surface area contributed by atoms with E-state index in [1.165, 1.54) is 5.56 Å². The molecule has 2 aromatic heterocycles. The minimum absolute atomic E-state index is 0.615. The van der Waals surface area contributed by atoms with Gasteiger partial charge >= 0.3 is 0 Å². The number of furan rings is 1. The first-order chi connectivity index (χ1) is 13.8. The standard InChI is InChI=1S/C23H23N3O2/c1-2-27-20-13-6-4-11-18(20)26-23-17(10-7-8-14-24-23)22(25-26)21-15-16-9-3-5-12-19(16)28-21/h3-6,9,11-13,15,24H,2,7-8,10,14H2,1H3. The molecule has 5 nitrogen and oxygen atoms in total. The van der Waals surface area contributed by atoms with Gasteiger partial charge in [-0.3, -0.25) is 0 Å². The zero-order chi connectivity index (χ0) is 18.9. The fraction of sp³-hybridized carbons (Fsp3) is 0.261. The van der Waals surface area contributed by atoms with E-state index >= 15 is 0 Å². The third kappa shape index (κ3) is 2.83. The van der Waals surface area contributed by atoms with Gasteiger partial charge in [-0.25, -0.2) is 4.68 Å². The number of aromatic nitrogens is 2. The molecule has 0 unspecified atom stereocenters. The summed E-state index contributed by atoms with van der Waals surface area (Å²) >= 11 is 0. The van der Waals surface area contributed by atoms with Crippen LogP contribution in [0.1, 0.15) is 25.3 Å². The van der Waals surface area contributed by atoms with E-state index in [0.717, 1.165) is 65.5 Å². The second-order valence-corrected chi connectivity index (χ2v) is 7.02. The highest BCUT2D eigenvalue weighted by Gasteiger charge is 2.25. The van der Waals surface area contributed by atoms with Crippen LogP contribution in [0.15, 0.2) is 59.0 Å². The van der Waals surface area contributed by atoms with Gasteiger partial charge in [0.15, 0.2) is 5.76 Å². The largest absolute Gasteiger partial charge is 0.492 e. The Morgan fingerprint density at radius 2 is 1.96 bits per heavy atom. The lowest BCUT2D eigenvalue weighted by atomic mass is 10.1. The number of hydrogen-bond donors (Lipinski definition) is 1. The molecule has 5 heteroatoms. The molecule has 0 radical (unpaired) electrons. The Morgan fingerprint density at radius 1 is 1.11 bits per heavy atom. The molecule has 28 heavy (non-hydrogen) atoms. The monoisotopic (exact) mass is 373 g/mol. The van der Waals surface area contributed by atoms with Crippen LogP contribution in [-0.4, -0.2) is 22.9 Å². The van der Waals surface area contributed by atoms with Crippen molar-refractivity contribution in [3.05, 3.63) is 60.2 Å². The normalized spacial score (nSPS) is 13.8. The molecule has 1 aliphatic rings. The summed E-state index contributed by atoms with van der Waals surface area (Å²) in [4.78, 5) is 0. The zero-order valence-electron chi connectivity index (χ0n) is 15.9. The smallest absolute Gasteiger partial charge is 0.156 e. The number of nitrogens with one attached hydrogen (secondary N) is 1. The van der Waals surface area contributed by atoms with E-state index in [0.29, 0.717) is 6.61 Å². The Balaban J connectivity index is 1.71. The Labute approximate surface area is 163 Å². The van der Waals surface area contributed by atoms with Crippen molar-refractivity contribution in [3.8, 4) is 22.9 Å². The van der Waals surface area contributed by atoms with Crippen LogP contribution in [0.2, 0.25) is 0 Å². The van der Waals surface area contributed by atoms with Crippen molar-refractivity contribution in [2.75, 3.05) is 18.5 Å². The van der Waals surface area contributed by atoms with Gasteiger partial charge in [0.25, 0.3) is 0 Å². The molecule has 5 rings (SSSR count). The molecule has 2 aromatic carbocycles. The molecule has 0 bridgehead atoms. The second kappa shape index (κ2) is 7.08. The van der Waals surface area contributed by atoms with Crippen LogP contribution in [0, 0.1) is 0 Å². The SMILES string of the molecule is CCOc1ccccc1-n1nc(-c2cc3ccccc3o2)c2c1NCCCC2. The Kier molecular flexibility index (Phi) is 4.28. The average Bonchev–Trinajstić information content (AvgIpc) is 3.22. The molecular weight excluding hydrogens is 350 g/mol. The number of anilines is 1. The number of ether oxygens (including phenoxy) is 1. The van der Waals surface area contributed by atoms with E-state index in [9.17, 15) is 0 Å². The van der Waals surface area contributed by atoms with E-state index in [1.807, 2.05) is 54.1 Å². The number of hydrogen-bond acceptors (Lipinski definition) is 4. The topological polar surface area (TPSA) is 52.2 Å². The molecule has 0 aliphatic carbocycles. The minimum Gasteiger partial charge on any atom is -0.492 e. The molecule has 1 N–H and O–H groups in total. The van der Waals surface area contributed by atoms with Crippen molar-refractivity contribution in [1.82, 2.24) is 9.78 Å². The number of nitrogens with zero attached hydrogens (tertiary/aromatic N) is 2. The van der Waals surface area contributed by atoms with Gasteiger partial charge in [0, 0.05) is 17.5 Å². The van der Waals surface area contributed by atoms with E-state index in [4.69, 9.17) is 14.3 Å². The van der Waals surface area contributed by atoms with Crippen LogP contribution in [0.3, 0.4) is 0 Å². The molecule has 0 atom stereocenters. The van der Waals surface area contributed by atoms with Crippen LogP contribution >= 0.6 is 0 Å². The molecule has 142 valence electrons. The number of benzene rings is 2. The van der Waals surface area contributed by atoms with Crippen LogP contribution < -0.4 is 10.1 Å². The molecule has 3 heterocycles. The highest BCUT2D eigenvalue weighted by atomic mass is 16.5. The van der Waals surface area contributed by atoms with E-state index in [-0.39, 0.29) is 0 Å². The highest BCUT2D eigenvalue weighted by molar-refractivity contribution is 5.83. The van der Waals surface area contributed by atoms with Gasteiger partial charge < -0.3 is 14.5 Å². The summed E-state index contributed by atoms with van der Waals surface area (Å²) in [6, 6.07) is 18.2. The summed E-state index contributed by atoms with van der Waals surface area (Å²) in [7, 11) is 0. The van der Waals surface area contributed by atoms with Crippen LogP contribution in [0.5, 0.6) is 5.75 Å². The van der Waals surface area contributed by atoms with Crippen molar-refractivity contribution in [1.29, 1.82) is 0 Å². The predicted octanol–water partition coefficient (Wildman–Crippen LogP) is 5.43. The van der Waals surface area contributed by atoms with Crippen LogP contribution in [-0.2, 0) is 6.42 Å². The summed E-state index contributed by atoms with van der Waals surface area (Å²) in [5.41, 5.74) is 3.95. The Hall–Kier alpha value is -3.21. The first-order valence-corrected chi connectivity index (χ1v) is 9.92. The minimum atomic E-state index is 0.615. The third-order valence-corrected chi connectivity index (χ3v) is 5.18. The maximum atomic E-state index is 6.15. The molecular formula is C23H23N3O2. The quantitative estimate of drug-likeness (QED) is 0.518. The van der Waals surface area contributed by atoms with Crippen molar-refractivity contribution in [2.24, 2.45) is 0 Å². The summed E-state index contributed by atoms with van der Waals surface area (Å²) in [6.07, 6.45) is 3.25. The van der Waals surface area contributed by atoms with Gasteiger partial charge in [-0.1, -0.05) is 30.3 Å². The molecule has 0 saturated heterocycles. The fourth-order valence-electron chi connectivity index (χ4n) is 3.88. The maximum absolute atomic E-state index is 6.15. The summed E-state index contributed by atoms with van der Waals surface area (Å²) in [5, 5.41) is 9.68. The van der Waals surface area contributed by atoms with Gasteiger partial charge in [-0.2, -0.15) is 5.10 Å². The molecule has 0 spiro atoms. The van der Waals surface area contributed by atoms with Crippen molar-refractivity contribution >= 4 is 16.8 Å². The lowest BCUT2D eigenvalue weighted by Gasteiger charge is -2.13. The zero-order valence-corrected chi connectivity index (χ0v) is 15.9. The molecule has 0 fully saturated rings. The lowest BCUT2D eigenvalue weighted by molar-refractivity contribution is 0.338. The first-order valence-electron chi connectivity index (χ1n) is 9.92. The van der Waals surface area contributed by atoms with E-state index in [1.54, 1.807) is 0 Å². The van der Waals surface area contributed by atoms with Gasteiger partial charge in [0.2, 0.25) is 0 Å². The number of para-hydroxylation sites is 3. The first kappa shape index (κ1) is 16.9. The number of rotatable bonds is 4. The molecule has 4 aromatic rings. The van der Waals surface area contributed by atoms with Gasteiger partial charge in [0.05, 0.1) is 6.61 Å². The third-order valence-electron chi connectivity index (χ3n) is 5.18. The van der Waals surface area contributed by atoms with Crippen LogP contribution in [0.25, 0.3) is 28.1 Å². The van der Waals surface area contributed by atoms with Crippen molar-refractivity contribution in [2.45, 2.75) is 26.2 Å². The highest BCUT2D eigenvalue weighted by Crippen LogP contribution is 2.37. The van der Waals surface area contributed by atoms with E-state index < -0.39 is 0 Å².